The average molecular weight is 572 g/mol. The number of anilines is 1. The predicted molar refractivity (Wildman–Crippen MR) is 162 cm³/mol. The van der Waals surface area contributed by atoms with Crippen LogP contribution < -0.4 is 4.90 Å². The van der Waals surface area contributed by atoms with Gasteiger partial charge < -0.3 is 24.5 Å². The van der Waals surface area contributed by atoms with Crippen molar-refractivity contribution in [2.45, 2.75) is 63.9 Å². The van der Waals surface area contributed by atoms with E-state index in [4.69, 9.17) is 4.74 Å². The number of amides is 3. The molecule has 3 fully saturated rings. The molecule has 1 spiro atoms. The highest BCUT2D eigenvalue weighted by molar-refractivity contribution is 6.05. The van der Waals surface area contributed by atoms with Gasteiger partial charge in [-0.15, -0.1) is 13.2 Å². The van der Waals surface area contributed by atoms with Crippen molar-refractivity contribution in [1.82, 2.24) is 9.80 Å². The molecule has 0 radical (unpaired) electrons. The molecule has 3 saturated heterocycles. The van der Waals surface area contributed by atoms with Crippen molar-refractivity contribution in [3.05, 3.63) is 90.5 Å². The Bertz CT molecular complexity index is 1360. The Morgan fingerprint density at radius 2 is 1.74 bits per heavy atom. The lowest BCUT2D eigenvalue weighted by atomic mass is 9.70. The van der Waals surface area contributed by atoms with Gasteiger partial charge in [0.1, 0.15) is 11.6 Å². The quantitative estimate of drug-likeness (QED) is 0.415. The van der Waals surface area contributed by atoms with Crippen LogP contribution in [0.2, 0.25) is 0 Å². The first kappa shape index (κ1) is 29.7. The van der Waals surface area contributed by atoms with E-state index in [1.54, 1.807) is 28.9 Å². The Labute approximate surface area is 248 Å². The Morgan fingerprint density at radius 1 is 1.07 bits per heavy atom. The second-order valence-electron chi connectivity index (χ2n) is 11.8. The van der Waals surface area contributed by atoms with Gasteiger partial charge in [-0.05, 0) is 50.3 Å². The number of aliphatic hydroxyl groups is 1. The maximum absolute atomic E-state index is 14.7. The van der Waals surface area contributed by atoms with Gasteiger partial charge in [0.15, 0.2) is 0 Å². The molecule has 3 aliphatic rings. The Hall–Kier alpha value is -3.75. The first-order chi connectivity index (χ1) is 20.2. The molecule has 0 aliphatic carbocycles. The van der Waals surface area contributed by atoms with E-state index in [1.165, 1.54) is 4.90 Å². The van der Waals surface area contributed by atoms with Gasteiger partial charge >= 0.3 is 0 Å². The lowest BCUT2D eigenvalue weighted by Gasteiger charge is -2.39. The number of nitrogens with zero attached hydrogens (tertiary/aromatic N) is 3. The fourth-order valence-electron chi connectivity index (χ4n) is 7.42. The lowest BCUT2D eigenvalue weighted by molar-refractivity contribution is -0.147. The Balaban J connectivity index is 1.56. The zero-order chi connectivity index (χ0) is 30.2. The standard InChI is InChI=1S/C34H41N3O5/c1-6-18-35(20-25-14-9-8-10-15-25)31(39)27-26-16-17-34(42-26)28(27)32(40)37(24(5)21-38)30(34)33(41)36(19-7-2)29-22(3)12-11-13-23(29)4/h6-15,24,26-28,30,38H,1-2,16-21H2,3-5H3/t24-,26+,27-,28+,30?,34?/m1/s1. The molecule has 3 heterocycles. The highest BCUT2D eigenvalue weighted by Crippen LogP contribution is 2.59. The van der Waals surface area contributed by atoms with Crippen LogP contribution in [0, 0.1) is 25.7 Å². The topological polar surface area (TPSA) is 90.4 Å². The van der Waals surface area contributed by atoms with Crippen LogP contribution >= 0.6 is 0 Å². The van der Waals surface area contributed by atoms with Gasteiger partial charge in [-0.25, -0.2) is 0 Å². The SMILES string of the molecule is C=CCN(Cc1ccccc1)C(=O)[C@@H]1[C@@H]2CCC3(O2)C(C(=O)N(CC=C)c2c(C)cccc2C)N([C@H](C)CO)C(=O)[C@H]13. The van der Waals surface area contributed by atoms with Gasteiger partial charge in [0.25, 0.3) is 5.91 Å². The van der Waals surface area contributed by atoms with Gasteiger partial charge in [0.2, 0.25) is 11.8 Å². The third kappa shape index (κ3) is 4.76. The lowest BCUT2D eigenvalue weighted by Crippen LogP contribution is -2.58. The number of carbonyl (C=O) groups excluding carboxylic acids is 3. The summed E-state index contributed by atoms with van der Waals surface area (Å²) >= 11 is 0. The summed E-state index contributed by atoms with van der Waals surface area (Å²) in [5, 5.41) is 10.2. The summed E-state index contributed by atoms with van der Waals surface area (Å²) < 4.78 is 6.66. The number of rotatable bonds is 11. The minimum atomic E-state index is -1.16. The van der Waals surface area contributed by atoms with Crippen molar-refractivity contribution in [3.63, 3.8) is 0 Å². The summed E-state index contributed by atoms with van der Waals surface area (Å²) in [7, 11) is 0. The third-order valence-corrected chi connectivity index (χ3v) is 9.16. The molecule has 0 saturated carbocycles. The summed E-state index contributed by atoms with van der Waals surface area (Å²) in [6, 6.07) is 13.9. The number of para-hydroxylation sites is 1. The number of carbonyl (C=O) groups is 3. The maximum atomic E-state index is 14.7. The number of fused-ring (bicyclic) bond motifs is 1. The van der Waals surface area contributed by atoms with Crippen molar-refractivity contribution in [2.75, 3.05) is 24.6 Å². The van der Waals surface area contributed by atoms with E-state index >= 15 is 0 Å². The molecule has 2 aromatic carbocycles. The largest absolute Gasteiger partial charge is 0.394 e. The second-order valence-corrected chi connectivity index (χ2v) is 11.8. The highest BCUT2D eigenvalue weighted by atomic mass is 16.5. The number of benzene rings is 2. The first-order valence-corrected chi connectivity index (χ1v) is 14.7. The van der Waals surface area contributed by atoms with E-state index in [2.05, 4.69) is 13.2 Å². The molecule has 2 aromatic rings. The number of aliphatic hydroxyl groups excluding tert-OH is 1. The predicted octanol–water partition coefficient (Wildman–Crippen LogP) is 3.79. The minimum Gasteiger partial charge on any atom is -0.394 e. The van der Waals surface area contributed by atoms with Gasteiger partial charge in [-0.3, -0.25) is 14.4 Å². The smallest absolute Gasteiger partial charge is 0.253 e. The van der Waals surface area contributed by atoms with E-state index in [0.717, 1.165) is 22.4 Å². The van der Waals surface area contributed by atoms with Crippen LogP contribution in [0.5, 0.6) is 0 Å². The third-order valence-electron chi connectivity index (χ3n) is 9.16. The molecule has 6 atom stereocenters. The molecule has 3 aliphatic heterocycles. The molecular weight excluding hydrogens is 530 g/mol. The van der Waals surface area contributed by atoms with Crippen LogP contribution in [0.1, 0.15) is 36.5 Å². The van der Waals surface area contributed by atoms with Gasteiger partial charge in [0, 0.05) is 25.3 Å². The minimum absolute atomic E-state index is 0.175. The number of hydrogen-bond acceptors (Lipinski definition) is 5. The monoisotopic (exact) mass is 571 g/mol. The molecule has 222 valence electrons. The Morgan fingerprint density at radius 3 is 2.36 bits per heavy atom. The van der Waals surface area contributed by atoms with Crippen LogP contribution in [0.15, 0.2) is 73.8 Å². The van der Waals surface area contributed by atoms with Gasteiger partial charge in [-0.2, -0.15) is 0 Å². The molecular formula is C34H41N3O5. The van der Waals surface area contributed by atoms with Crippen molar-refractivity contribution in [3.8, 4) is 0 Å². The fourth-order valence-corrected chi connectivity index (χ4v) is 7.42. The average Bonchev–Trinajstić information content (AvgIpc) is 3.63. The van der Waals surface area contributed by atoms with Crippen molar-refractivity contribution in [1.29, 1.82) is 0 Å². The molecule has 5 rings (SSSR count). The Kier molecular flexibility index (Phi) is 8.39. The fraction of sp³-hybridized carbons (Fsp3) is 0.441. The van der Waals surface area contributed by atoms with Crippen LogP contribution in [0.4, 0.5) is 5.69 Å². The maximum Gasteiger partial charge on any atom is 0.253 e. The van der Waals surface area contributed by atoms with E-state index in [0.29, 0.717) is 25.9 Å². The second kappa shape index (κ2) is 11.9. The van der Waals surface area contributed by atoms with Gasteiger partial charge in [0.05, 0.1) is 30.6 Å². The normalized spacial score (nSPS) is 26.6. The molecule has 2 unspecified atom stereocenters. The molecule has 42 heavy (non-hydrogen) atoms. The zero-order valence-electron chi connectivity index (χ0n) is 24.7. The molecule has 8 heteroatoms. The van der Waals surface area contributed by atoms with Crippen LogP contribution in [0.25, 0.3) is 0 Å². The van der Waals surface area contributed by atoms with E-state index in [1.807, 2.05) is 62.4 Å². The molecule has 1 N–H and O–H groups in total. The van der Waals surface area contributed by atoms with Crippen LogP contribution in [-0.2, 0) is 25.7 Å². The molecule has 2 bridgehead atoms. The van der Waals surface area contributed by atoms with Crippen LogP contribution in [0.3, 0.4) is 0 Å². The molecule has 0 aromatic heterocycles. The molecule has 3 amide bonds. The van der Waals surface area contributed by atoms with E-state index in [-0.39, 0.29) is 30.9 Å². The van der Waals surface area contributed by atoms with Crippen molar-refractivity contribution >= 4 is 23.4 Å². The molecule has 8 nitrogen and oxygen atoms in total. The first-order valence-electron chi connectivity index (χ1n) is 14.7. The van der Waals surface area contributed by atoms with Crippen molar-refractivity contribution in [2.24, 2.45) is 11.8 Å². The van der Waals surface area contributed by atoms with E-state index in [9.17, 15) is 19.5 Å². The summed E-state index contributed by atoms with van der Waals surface area (Å²) in [4.78, 5) is 48.2. The number of aryl methyl sites for hydroxylation is 2. The summed E-state index contributed by atoms with van der Waals surface area (Å²) in [6.45, 7) is 14.0. The number of likely N-dealkylation sites (tertiary alicyclic amines) is 1. The van der Waals surface area contributed by atoms with E-state index < -0.39 is 35.6 Å². The summed E-state index contributed by atoms with van der Waals surface area (Å²) in [5.41, 5.74) is 2.44. The van der Waals surface area contributed by atoms with Crippen LogP contribution in [-0.4, -0.2) is 76.1 Å². The highest BCUT2D eigenvalue weighted by Gasteiger charge is 2.75. The van der Waals surface area contributed by atoms with Crippen molar-refractivity contribution < 1.29 is 24.2 Å². The summed E-state index contributed by atoms with van der Waals surface area (Å²) in [6.07, 6.45) is 3.95. The number of hydrogen-bond donors (Lipinski definition) is 1. The van der Waals surface area contributed by atoms with Gasteiger partial charge in [-0.1, -0.05) is 60.7 Å². The zero-order valence-corrected chi connectivity index (χ0v) is 24.7. The number of ether oxygens (including phenoxy) is 1. The summed E-state index contributed by atoms with van der Waals surface area (Å²) in [5.74, 6) is -2.32.